The fraction of sp³-hybridized carbons (Fsp3) is 0.308. The van der Waals surface area contributed by atoms with Gasteiger partial charge in [-0.2, -0.15) is 0 Å². The smallest absolute Gasteiger partial charge is 0.119 e. The summed E-state index contributed by atoms with van der Waals surface area (Å²) in [5, 5.41) is 9.43. The van der Waals surface area contributed by atoms with E-state index in [-0.39, 0.29) is 0 Å². The van der Waals surface area contributed by atoms with Gasteiger partial charge in [0.25, 0.3) is 0 Å². The van der Waals surface area contributed by atoms with Crippen LogP contribution in [-0.2, 0) is 0 Å². The minimum atomic E-state index is 0.668. The minimum absolute atomic E-state index is 0.668. The van der Waals surface area contributed by atoms with Crippen molar-refractivity contribution in [2.75, 3.05) is 5.75 Å². The highest BCUT2D eigenvalue weighted by Gasteiger charge is 2.02. The molecule has 0 amide bonds. The van der Waals surface area contributed by atoms with Crippen molar-refractivity contribution in [1.82, 2.24) is 15.2 Å². The van der Waals surface area contributed by atoms with Gasteiger partial charge in [0, 0.05) is 23.7 Å². The molecule has 0 spiro atoms. The summed E-state index contributed by atoms with van der Waals surface area (Å²) >= 11 is 1.75. The van der Waals surface area contributed by atoms with Crippen molar-refractivity contribution >= 4 is 11.8 Å². The Morgan fingerprint density at radius 3 is 2.41 bits per heavy atom. The van der Waals surface area contributed by atoms with Crippen molar-refractivity contribution in [2.24, 2.45) is 5.92 Å². The Morgan fingerprint density at radius 2 is 1.82 bits per heavy atom. The number of hydrogen-bond donors (Lipinski definition) is 0. The van der Waals surface area contributed by atoms with Crippen LogP contribution in [0.5, 0.6) is 0 Å². The van der Waals surface area contributed by atoms with Crippen LogP contribution in [0.1, 0.15) is 13.8 Å². The molecule has 17 heavy (non-hydrogen) atoms. The van der Waals surface area contributed by atoms with Gasteiger partial charge in [0.05, 0.1) is 5.69 Å². The molecule has 3 nitrogen and oxygen atoms in total. The summed E-state index contributed by atoms with van der Waals surface area (Å²) < 4.78 is 0. The molecule has 2 rings (SSSR count). The predicted molar refractivity (Wildman–Crippen MR) is 70.8 cm³/mol. The first-order valence-corrected chi connectivity index (χ1v) is 6.61. The van der Waals surface area contributed by atoms with Crippen LogP contribution in [0.4, 0.5) is 0 Å². The van der Waals surface area contributed by atoms with Crippen molar-refractivity contribution in [3.63, 3.8) is 0 Å². The van der Waals surface area contributed by atoms with E-state index in [1.807, 2.05) is 24.3 Å². The highest BCUT2D eigenvalue weighted by atomic mass is 32.2. The molecule has 0 atom stereocenters. The SMILES string of the molecule is CC(C)CSc1ccc(-c2ccncc2)nn1. The Bertz CT molecular complexity index is 454. The van der Waals surface area contributed by atoms with Crippen LogP contribution in [0.2, 0.25) is 0 Å². The van der Waals surface area contributed by atoms with Gasteiger partial charge in [0.1, 0.15) is 5.03 Å². The van der Waals surface area contributed by atoms with Crippen LogP contribution in [-0.4, -0.2) is 20.9 Å². The van der Waals surface area contributed by atoms with Crippen molar-refractivity contribution in [3.05, 3.63) is 36.7 Å². The van der Waals surface area contributed by atoms with Crippen molar-refractivity contribution < 1.29 is 0 Å². The van der Waals surface area contributed by atoms with Crippen LogP contribution in [0, 0.1) is 5.92 Å². The predicted octanol–water partition coefficient (Wildman–Crippen LogP) is 3.29. The minimum Gasteiger partial charge on any atom is -0.265 e. The quantitative estimate of drug-likeness (QED) is 0.775. The first kappa shape index (κ1) is 12.0. The lowest BCUT2D eigenvalue weighted by atomic mass is 10.2. The molecule has 2 aromatic rings. The molecule has 88 valence electrons. The molecule has 0 aromatic carbocycles. The van der Waals surface area contributed by atoms with Gasteiger partial charge in [0.15, 0.2) is 0 Å². The summed E-state index contributed by atoms with van der Waals surface area (Å²) in [6.45, 7) is 4.40. The molecule has 2 heterocycles. The highest BCUT2D eigenvalue weighted by molar-refractivity contribution is 7.99. The largest absolute Gasteiger partial charge is 0.265 e. The Morgan fingerprint density at radius 1 is 1.06 bits per heavy atom. The van der Waals surface area contributed by atoms with E-state index in [1.165, 1.54) is 0 Å². The van der Waals surface area contributed by atoms with Gasteiger partial charge in [-0.15, -0.1) is 22.0 Å². The van der Waals surface area contributed by atoms with Crippen LogP contribution in [0.15, 0.2) is 41.7 Å². The summed E-state index contributed by atoms with van der Waals surface area (Å²) in [7, 11) is 0. The number of nitrogens with zero attached hydrogens (tertiary/aromatic N) is 3. The zero-order valence-corrected chi connectivity index (χ0v) is 10.8. The molecule has 2 aromatic heterocycles. The number of rotatable bonds is 4. The Balaban J connectivity index is 2.08. The number of hydrogen-bond acceptors (Lipinski definition) is 4. The molecule has 0 saturated heterocycles. The summed E-state index contributed by atoms with van der Waals surface area (Å²) in [4.78, 5) is 3.98. The maximum Gasteiger partial charge on any atom is 0.119 e. The normalized spacial score (nSPS) is 10.8. The van der Waals surface area contributed by atoms with Crippen LogP contribution >= 0.6 is 11.8 Å². The standard InChI is InChI=1S/C13H15N3S/c1-10(2)9-17-13-4-3-12(15-16-13)11-5-7-14-8-6-11/h3-8,10H,9H2,1-2H3. The van der Waals surface area contributed by atoms with Crippen LogP contribution < -0.4 is 0 Å². The molecule has 0 N–H and O–H groups in total. The van der Waals surface area contributed by atoms with E-state index in [9.17, 15) is 0 Å². The second-order valence-electron chi connectivity index (χ2n) is 4.20. The molecule has 0 radical (unpaired) electrons. The van der Waals surface area contributed by atoms with Gasteiger partial charge >= 0.3 is 0 Å². The molecule has 0 bridgehead atoms. The lowest BCUT2D eigenvalue weighted by Gasteiger charge is -2.04. The average molecular weight is 245 g/mol. The highest BCUT2D eigenvalue weighted by Crippen LogP contribution is 2.20. The molecular weight excluding hydrogens is 230 g/mol. The third kappa shape index (κ3) is 3.53. The van der Waals surface area contributed by atoms with E-state index in [4.69, 9.17) is 0 Å². The Kier molecular flexibility index (Phi) is 4.09. The molecular formula is C13H15N3S. The van der Waals surface area contributed by atoms with Gasteiger partial charge < -0.3 is 0 Å². The Labute approximate surface area is 106 Å². The second kappa shape index (κ2) is 5.77. The van der Waals surface area contributed by atoms with Crippen molar-refractivity contribution in [3.8, 4) is 11.3 Å². The molecule has 0 aliphatic carbocycles. The molecule has 0 aliphatic rings. The van der Waals surface area contributed by atoms with Gasteiger partial charge in [-0.05, 0) is 30.2 Å². The molecule has 0 aliphatic heterocycles. The first-order valence-electron chi connectivity index (χ1n) is 5.62. The fourth-order valence-electron chi connectivity index (χ4n) is 1.33. The molecule has 0 fully saturated rings. The summed E-state index contributed by atoms with van der Waals surface area (Å²) in [6, 6.07) is 7.90. The van der Waals surface area contributed by atoms with Gasteiger partial charge in [0.2, 0.25) is 0 Å². The van der Waals surface area contributed by atoms with Crippen molar-refractivity contribution in [2.45, 2.75) is 18.9 Å². The number of pyridine rings is 1. The average Bonchev–Trinajstić information content (AvgIpc) is 2.38. The molecule has 0 saturated carbocycles. The zero-order valence-electron chi connectivity index (χ0n) is 10.00. The maximum absolute atomic E-state index is 4.23. The third-order valence-corrected chi connectivity index (χ3v) is 3.53. The lowest BCUT2D eigenvalue weighted by Crippen LogP contribution is -1.94. The topological polar surface area (TPSA) is 38.7 Å². The second-order valence-corrected chi connectivity index (χ2v) is 5.24. The van der Waals surface area contributed by atoms with Gasteiger partial charge in [-0.25, -0.2) is 0 Å². The van der Waals surface area contributed by atoms with Crippen LogP contribution in [0.3, 0.4) is 0 Å². The van der Waals surface area contributed by atoms with E-state index < -0.39 is 0 Å². The monoisotopic (exact) mass is 245 g/mol. The van der Waals surface area contributed by atoms with Crippen LogP contribution in [0.25, 0.3) is 11.3 Å². The van der Waals surface area contributed by atoms with Gasteiger partial charge in [-0.3, -0.25) is 4.98 Å². The van der Waals surface area contributed by atoms with E-state index in [1.54, 1.807) is 24.2 Å². The fourth-order valence-corrected chi connectivity index (χ4v) is 2.09. The van der Waals surface area contributed by atoms with E-state index in [0.717, 1.165) is 22.0 Å². The number of aromatic nitrogens is 3. The van der Waals surface area contributed by atoms with Gasteiger partial charge in [-0.1, -0.05) is 13.8 Å². The summed E-state index contributed by atoms with van der Waals surface area (Å²) in [6.07, 6.45) is 3.52. The van der Waals surface area contributed by atoms with E-state index in [2.05, 4.69) is 29.0 Å². The Hall–Kier alpha value is -1.42. The number of thioether (sulfide) groups is 1. The lowest BCUT2D eigenvalue weighted by molar-refractivity contribution is 0.748. The van der Waals surface area contributed by atoms with E-state index >= 15 is 0 Å². The maximum atomic E-state index is 4.23. The molecule has 4 heteroatoms. The summed E-state index contributed by atoms with van der Waals surface area (Å²) in [5.74, 6) is 1.74. The summed E-state index contributed by atoms with van der Waals surface area (Å²) in [5.41, 5.74) is 1.94. The van der Waals surface area contributed by atoms with Crippen molar-refractivity contribution in [1.29, 1.82) is 0 Å². The zero-order chi connectivity index (χ0) is 12.1. The van der Waals surface area contributed by atoms with E-state index in [0.29, 0.717) is 5.92 Å². The molecule has 0 unspecified atom stereocenters. The third-order valence-electron chi connectivity index (χ3n) is 2.18. The first-order chi connectivity index (χ1) is 8.25.